The van der Waals surface area contributed by atoms with Crippen LogP contribution in [0.1, 0.15) is 52.0 Å². The third-order valence-electron chi connectivity index (χ3n) is 3.47. The normalized spacial score (nSPS) is 10.8. The number of nitrogen functional groups attached to an aromatic ring is 1. The SMILES string of the molecule is CCCCN(CCCC)c1cc(N)ccc1COCC. The third kappa shape index (κ3) is 5.41. The van der Waals surface area contributed by atoms with Crippen molar-refractivity contribution >= 4 is 11.4 Å². The predicted molar refractivity (Wildman–Crippen MR) is 88.2 cm³/mol. The molecule has 0 fully saturated rings. The van der Waals surface area contributed by atoms with Crippen molar-refractivity contribution < 1.29 is 4.74 Å². The lowest BCUT2D eigenvalue weighted by molar-refractivity contribution is 0.134. The minimum Gasteiger partial charge on any atom is -0.399 e. The van der Waals surface area contributed by atoms with E-state index in [4.69, 9.17) is 10.5 Å². The van der Waals surface area contributed by atoms with Gasteiger partial charge in [0.15, 0.2) is 0 Å². The molecule has 0 unspecified atom stereocenters. The van der Waals surface area contributed by atoms with Crippen LogP contribution in [0.15, 0.2) is 18.2 Å². The van der Waals surface area contributed by atoms with Gasteiger partial charge in [0.1, 0.15) is 0 Å². The number of rotatable bonds is 10. The van der Waals surface area contributed by atoms with Crippen LogP contribution < -0.4 is 10.6 Å². The Hall–Kier alpha value is -1.22. The first-order chi connectivity index (χ1) is 9.72. The maximum Gasteiger partial charge on any atom is 0.0736 e. The standard InChI is InChI=1S/C17H30N2O/c1-4-7-11-19(12-8-5-2)17-13-16(18)10-9-15(17)14-20-6-3/h9-10,13H,4-8,11-12,14,18H2,1-3H3. The summed E-state index contributed by atoms with van der Waals surface area (Å²) in [5, 5.41) is 0. The van der Waals surface area contributed by atoms with Gasteiger partial charge in [0.2, 0.25) is 0 Å². The summed E-state index contributed by atoms with van der Waals surface area (Å²) in [4.78, 5) is 2.47. The Balaban J connectivity index is 2.92. The first-order valence-corrected chi connectivity index (χ1v) is 7.93. The van der Waals surface area contributed by atoms with Crippen molar-refractivity contribution in [3.8, 4) is 0 Å². The molecule has 0 saturated heterocycles. The molecule has 1 rings (SSSR count). The molecule has 3 heteroatoms. The zero-order valence-electron chi connectivity index (χ0n) is 13.3. The number of unbranched alkanes of at least 4 members (excludes halogenated alkanes) is 2. The zero-order chi connectivity index (χ0) is 14.8. The van der Waals surface area contributed by atoms with Crippen molar-refractivity contribution in [3.05, 3.63) is 23.8 Å². The van der Waals surface area contributed by atoms with Crippen LogP contribution in [0, 0.1) is 0 Å². The highest BCUT2D eigenvalue weighted by Gasteiger charge is 2.11. The van der Waals surface area contributed by atoms with Crippen LogP contribution in [0.5, 0.6) is 0 Å². The number of nitrogens with two attached hydrogens (primary N) is 1. The van der Waals surface area contributed by atoms with E-state index in [9.17, 15) is 0 Å². The van der Waals surface area contributed by atoms with Crippen LogP contribution in [-0.4, -0.2) is 19.7 Å². The molecule has 0 atom stereocenters. The second-order valence-electron chi connectivity index (χ2n) is 5.22. The maximum atomic E-state index is 5.98. The minimum atomic E-state index is 0.668. The number of benzene rings is 1. The summed E-state index contributed by atoms with van der Waals surface area (Å²) >= 11 is 0. The van der Waals surface area contributed by atoms with Gasteiger partial charge in [0.05, 0.1) is 6.61 Å². The van der Waals surface area contributed by atoms with Crippen LogP contribution in [0.2, 0.25) is 0 Å². The average Bonchev–Trinajstić information content (AvgIpc) is 2.46. The predicted octanol–water partition coefficient (Wildman–Crippen LogP) is 4.21. The van der Waals surface area contributed by atoms with Gasteiger partial charge in [0, 0.05) is 36.6 Å². The van der Waals surface area contributed by atoms with E-state index in [0.717, 1.165) is 25.4 Å². The fourth-order valence-electron chi connectivity index (χ4n) is 2.26. The van der Waals surface area contributed by atoms with Gasteiger partial charge >= 0.3 is 0 Å². The van der Waals surface area contributed by atoms with Crippen molar-refractivity contribution in [3.63, 3.8) is 0 Å². The molecule has 1 aromatic rings. The fourth-order valence-corrected chi connectivity index (χ4v) is 2.26. The van der Waals surface area contributed by atoms with Crippen molar-refractivity contribution in [2.24, 2.45) is 0 Å². The minimum absolute atomic E-state index is 0.668. The molecule has 3 nitrogen and oxygen atoms in total. The lowest BCUT2D eigenvalue weighted by Crippen LogP contribution is -2.27. The van der Waals surface area contributed by atoms with E-state index in [1.165, 1.54) is 36.9 Å². The molecule has 0 aromatic heterocycles. The summed E-state index contributed by atoms with van der Waals surface area (Å²) in [5.41, 5.74) is 9.31. The Morgan fingerprint density at radius 2 is 1.70 bits per heavy atom. The molecule has 2 N–H and O–H groups in total. The zero-order valence-corrected chi connectivity index (χ0v) is 13.3. The molecular formula is C17H30N2O. The lowest BCUT2D eigenvalue weighted by atomic mass is 10.1. The quantitative estimate of drug-likeness (QED) is 0.651. The number of anilines is 2. The van der Waals surface area contributed by atoms with Crippen LogP contribution in [0.3, 0.4) is 0 Å². The number of hydrogen-bond acceptors (Lipinski definition) is 3. The number of hydrogen-bond donors (Lipinski definition) is 1. The van der Waals surface area contributed by atoms with E-state index >= 15 is 0 Å². The van der Waals surface area contributed by atoms with Gasteiger partial charge in [-0.3, -0.25) is 0 Å². The fraction of sp³-hybridized carbons (Fsp3) is 0.647. The van der Waals surface area contributed by atoms with Gasteiger partial charge in [-0.2, -0.15) is 0 Å². The molecule has 0 aliphatic carbocycles. The summed E-state index contributed by atoms with van der Waals surface area (Å²) in [6.07, 6.45) is 4.86. The monoisotopic (exact) mass is 278 g/mol. The molecule has 0 radical (unpaired) electrons. The lowest BCUT2D eigenvalue weighted by Gasteiger charge is -2.27. The highest BCUT2D eigenvalue weighted by molar-refractivity contribution is 5.61. The van der Waals surface area contributed by atoms with Gasteiger partial charge in [-0.15, -0.1) is 0 Å². The molecule has 0 amide bonds. The van der Waals surface area contributed by atoms with Gasteiger partial charge in [-0.25, -0.2) is 0 Å². The number of ether oxygens (including phenoxy) is 1. The molecule has 0 bridgehead atoms. The molecule has 114 valence electrons. The summed E-state index contributed by atoms with van der Waals surface area (Å²) in [5.74, 6) is 0. The Labute approximate surface area is 124 Å². The Kier molecular flexibility index (Phi) is 8.12. The molecule has 1 aromatic carbocycles. The number of nitrogens with zero attached hydrogens (tertiary/aromatic N) is 1. The van der Waals surface area contributed by atoms with E-state index in [1.54, 1.807) is 0 Å². The Morgan fingerprint density at radius 3 is 2.25 bits per heavy atom. The topological polar surface area (TPSA) is 38.5 Å². The first-order valence-electron chi connectivity index (χ1n) is 7.93. The van der Waals surface area contributed by atoms with Crippen molar-refractivity contribution in [1.82, 2.24) is 0 Å². The van der Waals surface area contributed by atoms with E-state index in [1.807, 2.05) is 13.0 Å². The van der Waals surface area contributed by atoms with Crippen LogP contribution in [0.4, 0.5) is 11.4 Å². The smallest absolute Gasteiger partial charge is 0.0736 e. The van der Waals surface area contributed by atoms with E-state index in [2.05, 4.69) is 30.9 Å². The van der Waals surface area contributed by atoms with E-state index in [0.29, 0.717) is 6.61 Å². The van der Waals surface area contributed by atoms with Gasteiger partial charge in [-0.05, 0) is 31.9 Å². The summed E-state index contributed by atoms with van der Waals surface area (Å²) in [7, 11) is 0. The molecule has 0 aliphatic heterocycles. The van der Waals surface area contributed by atoms with Crippen LogP contribution in [-0.2, 0) is 11.3 Å². The maximum absolute atomic E-state index is 5.98. The van der Waals surface area contributed by atoms with E-state index in [-0.39, 0.29) is 0 Å². The largest absolute Gasteiger partial charge is 0.399 e. The van der Waals surface area contributed by atoms with Gasteiger partial charge < -0.3 is 15.4 Å². The molecule has 20 heavy (non-hydrogen) atoms. The highest BCUT2D eigenvalue weighted by atomic mass is 16.5. The molecular weight excluding hydrogens is 248 g/mol. The van der Waals surface area contributed by atoms with Crippen LogP contribution in [0.25, 0.3) is 0 Å². The third-order valence-corrected chi connectivity index (χ3v) is 3.47. The Bertz CT molecular complexity index is 371. The summed E-state index contributed by atoms with van der Waals surface area (Å²) in [6.45, 7) is 10.1. The second kappa shape index (κ2) is 9.65. The molecule has 0 heterocycles. The van der Waals surface area contributed by atoms with Crippen molar-refractivity contribution in [2.75, 3.05) is 30.3 Å². The van der Waals surface area contributed by atoms with Crippen molar-refractivity contribution in [1.29, 1.82) is 0 Å². The summed E-state index contributed by atoms with van der Waals surface area (Å²) in [6, 6.07) is 6.17. The van der Waals surface area contributed by atoms with Gasteiger partial charge in [0.25, 0.3) is 0 Å². The Morgan fingerprint density at radius 1 is 1.05 bits per heavy atom. The highest BCUT2D eigenvalue weighted by Crippen LogP contribution is 2.25. The van der Waals surface area contributed by atoms with E-state index < -0.39 is 0 Å². The first kappa shape index (κ1) is 16.8. The second-order valence-corrected chi connectivity index (χ2v) is 5.22. The van der Waals surface area contributed by atoms with Crippen molar-refractivity contribution in [2.45, 2.75) is 53.1 Å². The molecule has 0 aliphatic rings. The van der Waals surface area contributed by atoms with Gasteiger partial charge in [-0.1, -0.05) is 32.8 Å². The summed E-state index contributed by atoms with van der Waals surface area (Å²) < 4.78 is 5.59. The average molecular weight is 278 g/mol. The van der Waals surface area contributed by atoms with Crippen LogP contribution >= 0.6 is 0 Å². The molecule has 0 spiro atoms. The molecule has 0 saturated carbocycles.